The van der Waals surface area contributed by atoms with Gasteiger partial charge in [0.15, 0.2) is 0 Å². The van der Waals surface area contributed by atoms with Crippen molar-refractivity contribution in [2.75, 3.05) is 7.11 Å². The maximum Gasteiger partial charge on any atom is 0.337 e. The summed E-state index contributed by atoms with van der Waals surface area (Å²) in [5, 5.41) is 5.41. The van der Waals surface area contributed by atoms with Crippen molar-refractivity contribution < 1.29 is 18.3 Å². The van der Waals surface area contributed by atoms with Crippen LogP contribution in [0.2, 0.25) is 0 Å². The molecule has 0 saturated heterocycles. The Morgan fingerprint density at radius 1 is 1.18 bits per heavy atom. The first-order valence-corrected chi connectivity index (χ1v) is 9.90. The van der Waals surface area contributed by atoms with E-state index in [0.717, 1.165) is 22.0 Å². The Hall–Kier alpha value is -2.55. The number of fused-ring (bicyclic) bond motifs is 1. The van der Waals surface area contributed by atoms with Gasteiger partial charge in [0.2, 0.25) is 0 Å². The van der Waals surface area contributed by atoms with Crippen LogP contribution >= 0.6 is 0 Å². The molecule has 3 aromatic rings. The molecule has 148 valence electrons. The average Bonchev–Trinajstić information content (AvgIpc) is 3.11. The number of ether oxygens (including phenoxy) is 1. The molecule has 0 fully saturated rings. The second kappa shape index (κ2) is 8.64. The summed E-state index contributed by atoms with van der Waals surface area (Å²) in [6.45, 7) is 4.55. The molecule has 1 aromatic heterocycles. The number of nitrogens with zero attached hydrogens (tertiary/aromatic N) is 3. The summed E-state index contributed by atoms with van der Waals surface area (Å²) in [5.74, 6) is -0.425. The molecular weight excluding hydrogens is 378 g/mol. The van der Waals surface area contributed by atoms with E-state index in [9.17, 15) is 13.6 Å². The summed E-state index contributed by atoms with van der Waals surface area (Å²) in [4.78, 5) is 11.5. The summed E-state index contributed by atoms with van der Waals surface area (Å²) >= 11 is -2.39. The zero-order chi connectivity index (χ0) is 20.3. The third-order valence-corrected chi connectivity index (χ3v) is 5.14. The Bertz CT molecular complexity index is 998. The fourth-order valence-electron chi connectivity index (χ4n) is 3.03. The second-order valence-electron chi connectivity index (χ2n) is 6.78. The van der Waals surface area contributed by atoms with Crippen LogP contribution in [0.15, 0.2) is 48.7 Å². The highest BCUT2D eigenvalue weighted by Crippen LogP contribution is 2.21. The molecule has 1 unspecified atom stereocenters. The van der Waals surface area contributed by atoms with Gasteiger partial charge in [-0.2, -0.15) is 5.10 Å². The number of aromatic nitrogens is 2. The molecule has 2 aromatic carbocycles. The number of carbonyl (C=O) groups excluding carboxylic acids is 1. The molecule has 0 amide bonds. The van der Waals surface area contributed by atoms with Crippen LogP contribution in [0.1, 0.15) is 41.4 Å². The molecule has 3 rings (SSSR count). The lowest BCUT2D eigenvalue weighted by atomic mass is 10.1. The molecule has 0 aliphatic heterocycles. The van der Waals surface area contributed by atoms with Crippen molar-refractivity contribution in [3.63, 3.8) is 0 Å². The summed E-state index contributed by atoms with van der Waals surface area (Å²) in [6, 6.07) is 12.8. The van der Waals surface area contributed by atoms with Gasteiger partial charge in [-0.15, -0.1) is 0 Å². The van der Waals surface area contributed by atoms with E-state index in [2.05, 4.69) is 23.7 Å². The van der Waals surface area contributed by atoms with Gasteiger partial charge in [-0.1, -0.05) is 24.3 Å². The Labute approximate surface area is 166 Å². The van der Waals surface area contributed by atoms with Crippen molar-refractivity contribution in [1.82, 2.24) is 14.1 Å². The maximum absolute atomic E-state index is 11.8. The van der Waals surface area contributed by atoms with E-state index < -0.39 is 17.2 Å². The van der Waals surface area contributed by atoms with Gasteiger partial charge in [0.1, 0.15) is 0 Å². The topological polar surface area (TPSA) is 87.5 Å². The monoisotopic (exact) mass is 400 g/mol. The van der Waals surface area contributed by atoms with Crippen molar-refractivity contribution in [3.8, 4) is 0 Å². The minimum atomic E-state index is -2.39. The van der Waals surface area contributed by atoms with Gasteiger partial charge in [-0.25, -0.2) is 9.10 Å². The van der Waals surface area contributed by atoms with E-state index >= 15 is 0 Å². The molecule has 1 atom stereocenters. The Kier molecular flexibility index (Phi) is 6.23. The lowest BCUT2D eigenvalue weighted by Gasteiger charge is -2.24. The molecule has 0 bridgehead atoms. The van der Waals surface area contributed by atoms with E-state index in [1.165, 1.54) is 11.4 Å². The average molecular weight is 400 g/mol. The molecular formula is C20H22N3O4S-. The highest BCUT2D eigenvalue weighted by molar-refractivity contribution is 7.76. The van der Waals surface area contributed by atoms with Crippen LogP contribution in [0.5, 0.6) is 0 Å². The largest absolute Gasteiger partial charge is 0.760 e. The maximum atomic E-state index is 11.8. The predicted molar refractivity (Wildman–Crippen MR) is 106 cm³/mol. The first kappa shape index (κ1) is 20.2. The molecule has 0 radical (unpaired) electrons. The third kappa shape index (κ3) is 4.46. The van der Waals surface area contributed by atoms with Gasteiger partial charge in [0, 0.05) is 35.8 Å². The Morgan fingerprint density at radius 2 is 1.82 bits per heavy atom. The standard InChI is InChI=1S/C20H23N3O4S/c1-14(2)23-19-10-16(6-9-18(19)11-21-23)13-22(28(25)26)12-15-4-7-17(8-5-15)20(24)27-3/h4-11,14H,12-13H2,1-3H3,(H,25,26)/p-1. The zero-order valence-corrected chi connectivity index (χ0v) is 16.8. The first-order chi connectivity index (χ1) is 13.4. The summed E-state index contributed by atoms with van der Waals surface area (Å²) in [6.07, 6.45) is 1.81. The van der Waals surface area contributed by atoms with Gasteiger partial charge in [-0.05, 0) is 43.2 Å². The minimum Gasteiger partial charge on any atom is -0.760 e. The van der Waals surface area contributed by atoms with Crippen LogP contribution in [0.3, 0.4) is 0 Å². The molecule has 0 saturated carbocycles. The molecule has 0 N–H and O–H groups in total. The van der Waals surface area contributed by atoms with E-state index in [4.69, 9.17) is 0 Å². The highest BCUT2D eigenvalue weighted by atomic mass is 32.2. The van der Waals surface area contributed by atoms with Gasteiger partial charge >= 0.3 is 5.97 Å². The quantitative estimate of drug-likeness (QED) is 0.449. The molecule has 0 spiro atoms. The molecule has 7 nitrogen and oxygen atoms in total. The second-order valence-corrected chi connectivity index (χ2v) is 7.73. The van der Waals surface area contributed by atoms with E-state index in [1.807, 2.05) is 29.1 Å². The van der Waals surface area contributed by atoms with Crippen LogP contribution < -0.4 is 0 Å². The zero-order valence-electron chi connectivity index (χ0n) is 16.0. The number of hydrogen-bond donors (Lipinski definition) is 0. The van der Waals surface area contributed by atoms with Crippen molar-refractivity contribution in [1.29, 1.82) is 0 Å². The number of hydrogen-bond acceptors (Lipinski definition) is 5. The van der Waals surface area contributed by atoms with Crippen LogP contribution in [0, 0.1) is 0 Å². The lowest BCUT2D eigenvalue weighted by molar-refractivity contribution is 0.0600. The fraction of sp³-hybridized carbons (Fsp3) is 0.300. The van der Waals surface area contributed by atoms with Crippen molar-refractivity contribution >= 4 is 28.1 Å². The predicted octanol–water partition coefficient (Wildman–Crippen LogP) is 3.20. The molecule has 28 heavy (non-hydrogen) atoms. The SMILES string of the molecule is COC(=O)c1ccc(CN(Cc2ccc3cnn(C(C)C)c3c2)S(=O)[O-])cc1. The van der Waals surface area contributed by atoms with E-state index in [-0.39, 0.29) is 19.1 Å². The summed E-state index contributed by atoms with van der Waals surface area (Å²) in [5.41, 5.74) is 3.07. The van der Waals surface area contributed by atoms with Crippen LogP contribution in [0.25, 0.3) is 10.9 Å². The third-order valence-electron chi connectivity index (χ3n) is 4.46. The summed E-state index contributed by atoms with van der Waals surface area (Å²) in [7, 11) is 1.32. The number of methoxy groups -OCH3 is 1. The first-order valence-electron chi connectivity index (χ1n) is 8.86. The van der Waals surface area contributed by atoms with Gasteiger partial charge < -0.3 is 9.29 Å². The molecule has 0 aliphatic rings. The van der Waals surface area contributed by atoms with Gasteiger partial charge in [-0.3, -0.25) is 8.89 Å². The van der Waals surface area contributed by atoms with Crippen molar-refractivity contribution in [3.05, 3.63) is 65.4 Å². The number of rotatable bonds is 7. The minimum absolute atomic E-state index is 0.207. The Balaban J connectivity index is 1.79. The number of carbonyl (C=O) groups is 1. The van der Waals surface area contributed by atoms with E-state index in [1.54, 1.807) is 24.3 Å². The molecule has 0 aliphatic carbocycles. The van der Waals surface area contributed by atoms with Crippen LogP contribution in [-0.4, -0.2) is 35.9 Å². The lowest BCUT2D eigenvalue weighted by Crippen LogP contribution is -2.25. The fourth-order valence-corrected chi connectivity index (χ4v) is 3.53. The smallest absolute Gasteiger partial charge is 0.337 e. The molecule has 8 heteroatoms. The van der Waals surface area contributed by atoms with Crippen LogP contribution in [-0.2, 0) is 29.1 Å². The van der Waals surface area contributed by atoms with Gasteiger partial charge in [0.05, 0.1) is 24.4 Å². The summed E-state index contributed by atoms with van der Waals surface area (Å²) < 4.78 is 31.4. The Morgan fingerprint density at radius 3 is 2.43 bits per heavy atom. The van der Waals surface area contributed by atoms with E-state index in [0.29, 0.717) is 5.56 Å². The number of esters is 1. The normalized spacial score (nSPS) is 12.6. The molecule has 1 heterocycles. The number of benzene rings is 2. The highest BCUT2D eigenvalue weighted by Gasteiger charge is 2.12. The van der Waals surface area contributed by atoms with Gasteiger partial charge in [0.25, 0.3) is 0 Å². The van der Waals surface area contributed by atoms with Crippen molar-refractivity contribution in [2.24, 2.45) is 0 Å². The van der Waals surface area contributed by atoms with Crippen molar-refractivity contribution in [2.45, 2.75) is 33.0 Å². The van der Waals surface area contributed by atoms with Crippen LogP contribution in [0.4, 0.5) is 0 Å².